The van der Waals surface area contributed by atoms with Crippen LogP contribution in [0.2, 0.25) is 0 Å². The number of fused-ring (bicyclic) bond motifs is 1. The number of likely N-dealkylation sites (tertiary alicyclic amines) is 1. The maximum atomic E-state index is 13.4. The highest BCUT2D eigenvalue weighted by Gasteiger charge is 2.36. The second-order valence-electron chi connectivity index (χ2n) is 8.35. The summed E-state index contributed by atoms with van der Waals surface area (Å²) in [6.45, 7) is 0.981. The van der Waals surface area contributed by atoms with Gasteiger partial charge in [-0.3, -0.25) is 9.59 Å². The largest absolute Gasteiger partial charge is 0.333 e. The molecule has 0 radical (unpaired) electrons. The summed E-state index contributed by atoms with van der Waals surface area (Å²) < 4.78 is 27.9. The molecule has 1 unspecified atom stereocenters. The number of amides is 2. The molecule has 9 heteroatoms. The summed E-state index contributed by atoms with van der Waals surface area (Å²) in [6.07, 6.45) is 2.92. The Hall–Kier alpha value is -2.23. The lowest BCUT2D eigenvalue weighted by atomic mass is 10.1. The van der Waals surface area contributed by atoms with Crippen LogP contribution in [0.1, 0.15) is 24.0 Å². The number of nitrogens with zero attached hydrogens (tertiary/aromatic N) is 3. The molecule has 32 heavy (non-hydrogen) atoms. The van der Waals surface area contributed by atoms with E-state index in [4.69, 9.17) is 0 Å². The van der Waals surface area contributed by atoms with E-state index >= 15 is 0 Å². The molecule has 0 aliphatic carbocycles. The highest BCUT2D eigenvalue weighted by molar-refractivity contribution is 9.10. The minimum Gasteiger partial charge on any atom is -0.333 e. The third-order valence-electron chi connectivity index (χ3n) is 6.00. The van der Waals surface area contributed by atoms with Crippen molar-refractivity contribution in [3.63, 3.8) is 0 Å². The standard InChI is InChI=1S/C23H26BrN3O4S/c1-32(30,31)27-14-18-13-19(24)9-10-21(18)26(23(29)16-25-11-5-8-22(25)28)15-20(27)12-17-6-3-2-4-7-17/h2-4,6-7,9-10,13,20H,5,8,11-12,14-16H2,1H3. The van der Waals surface area contributed by atoms with E-state index in [2.05, 4.69) is 15.9 Å². The number of hydrogen-bond acceptors (Lipinski definition) is 4. The number of benzene rings is 2. The van der Waals surface area contributed by atoms with Crippen LogP contribution in [0.3, 0.4) is 0 Å². The molecule has 4 rings (SSSR count). The number of anilines is 1. The second-order valence-corrected chi connectivity index (χ2v) is 11.2. The molecule has 2 heterocycles. The summed E-state index contributed by atoms with van der Waals surface area (Å²) in [5.41, 5.74) is 2.44. The zero-order valence-electron chi connectivity index (χ0n) is 17.9. The number of hydrogen-bond donors (Lipinski definition) is 0. The van der Waals surface area contributed by atoms with E-state index in [1.807, 2.05) is 48.5 Å². The van der Waals surface area contributed by atoms with Crippen LogP contribution in [0.5, 0.6) is 0 Å². The van der Waals surface area contributed by atoms with E-state index in [0.717, 1.165) is 22.0 Å². The van der Waals surface area contributed by atoms with Crippen LogP contribution in [-0.2, 0) is 32.6 Å². The molecule has 0 N–H and O–H groups in total. The molecule has 1 saturated heterocycles. The average molecular weight is 520 g/mol. The molecule has 0 aromatic heterocycles. The number of halogens is 1. The van der Waals surface area contributed by atoms with Crippen LogP contribution >= 0.6 is 15.9 Å². The van der Waals surface area contributed by atoms with Crippen LogP contribution in [0, 0.1) is 0 Å². The first kappa shape index (κ1) is 22.9. The van der Waals surface area contributed by atoms with Gasteiger partial charge in [-0.15, -0.1) is 0 Å². The first-order valence-corrected chi connectivity index (χ1v) is 13.2. The fourth-order valence-electron chi connectivity index (χ4n) is 4.44. The minimum absolute atomic E-state index is 0.00523. The van der Waals surface area contributed by atoms with Gasteiger partial charge in [-0.1, -0.05) is 46.3 Å². The number of carbonyl (C=O) groups excluding carboxylic acids is 2. The molecule has 2 aliphatic heterocycles. The van der Waals surface area contributed by atoms with Crippen molar-refractivity contribution in [3.05, 3.63) is 64.1 Å². The fraction of sp³-hybridized carbons (Fsp3) is 0.391. The zero-order valence-corrected chi connectivity index (χ0v) is 20.3. The lowest BCUT2D eigenvalue weighted by Crippen LogP contribution is -2.49. The topological polar surface area (TPSA) is 78.0 Å². The Morgan fingerprint density at radius 1 is 1.16 bits per heavy atom. The van der Waals surface area contributed by atoms with Crippen molar-refractivity contribution in [2.75, 3.05) is 30.8 Å². The van der Waals surface area contributed by atoms with E-state index in [1.54, 1.807) is 9.80 Å². The van der Waals surface area contributed by atoms with Crippen LogP contribution in [-0.4, -0.2) is 61.4 Å². The van der Waals surface area contributed by atoms with Gasteiger partial charge in [-0.25, -0.2) is 8.42 Å². The summed E-state index contributed by atoms with van der Waals surface area (Å²) in [7, 11) is -3.54. The van der Waals surface area contributed by atoms with Crippen LogP contribution in [0.15, 0.2) is 53.0 Å². The monoisotopic (exact) mass is 519 g/mol. The summed E-state index contributed by atoms with van der Waals surface area (Å²) in [6, 6.07) is 14.8. The van der Waals surface area contributed by atoms with Gasteiger partial charge in [0, 0.05) is 42.3 Å². The minimum atomic E-state index is -3.54. The highest BCUT2D eigenvalue weighted by atomic mass is 79.9. The van der Waals surface area contributed by atoms with E-state index in [0.29, 0.717) is 25.1 Å². The Balaban J connectivity index is 1.72. The molecule has 2 amide bonds. The van der Waals surface area contributed by atoms with Gasteiger partial charge in [-0.05, 0) is 42.2 Å². The van der Waals surface area contributed by atoms with Crippen molar-refractivity contribution in [2.45, 2.75) is 31.8 Å². The van der Waals surface area contributed by atoms with Gasteiger partial charge < -0.3 is 9.80 Å². The Labute approximate surface area is 197 Å². The van der Waals surface area contributed by atoms with Crippen molar-refractivity contribution in [1.29, 1.82) is 0 Å². The van der Waals surface area contributed by atoms with Crippen molar-refractivity contribution in [1.82, 2.24) is 9.21 Å². The zero-order chi connectivity index (χ0) is 22.9. The van der Waals surface area contributed by atoms with Gasteiger partial charge in [0.2, 0.25) is 21.8 Å². The molecule has 170 valence electrons. The molecule has 7 nitrogen and oxygen atoms in total. The highest BCUT2D eigenvalue weighted by Crippen LogP contribution is 2.32. The van der Waals surface area contributed by atoms with Crippen LogP contribution < -0.4 is 4.90 Å². The lowest BCUT2D eigenvalue weighted by Gasteiger charge is -2.31. The van der Waals surface area contributed by atoms with Gasteiger partial charge in [0.15, 0.2) is 0 Å². The molecule has 1 fully saturated rings. The van der Waals surface area contributed by atoms with Gasteiger partial charge >= 0.3 is 0 Å². The van der Waals surface area contributed by atoms with Crippen molar-refractivity contribution < 1.29 is 18.0 Å². The van der Waals surface area contributed by atoms with Crippen LogP contribution in [0.4, 0.5) is 5.69 Å². The maximum absolute atomic E-state index is 13.4. The summed E-state index contributed by atoms with van der Waals surface area (Å²) in [4.78, 5) is 28.8. The van der Waals surface area contributed by atoms with Gasteiger partial charge in [0.05, 0.1) is 6.26 Å². The smallest absolute Gasteiger partial charge is 0.246 e. The summed E-state index contributed by atoms with van der Waals surface area (Å²) in [5, 5.41) is 0. The predicted molar refractivity (Wildman–Crippen MR) is 127 cm³/mol. The summed E-state index contributed by atoms with van der Waals surface area (Å²) >= 11 is 3.47. The Bertz CT molecular complexity index is 1120. The Morgan fingerprint density at radius 2 is 1.91 bits per heavy atom. The third-order valence-corrected chi connectivity index (χ3v) is 7.77. The predicted octanol–water partition coefficient (Wildman–Crippen LogP) is 2.79. The lowest BCUT2D eigenvalue weighted by molar-refractivity contribution is -0.132. The molecule has 0 spiro atoms. The van der Waals surface area contributed by atoms with Gasteiger partial charge in [0.1, 0.15) is 6.54 Å². The van der Waals surface area contributed by atoms with E-state index in [9.17, 15) is 18.0 Å². The van der Waals surface area contributed by atoms with Crippen molar-refractivity contribution in [3.8, 4) is 0 Å². The second kappa shape index (κ2) is 9.33. The van der Waals surface area contributed by atoms with E-state index in [1.165, 1.54) is 10.6 Å². The SMILES string of the molecule is CS(=O)(=O)N1Cc2cc(Br)ccc2N(C(=O)CN2CCCC2=O)CC1Cc1ccccc1. The average Bonchev–Trinajstić information content (AvgIpc) is 3.06. The molecular weight excluding hydrogens is 494 g/mol. The number of carbonyl (C=O) groups is 2. The molecule has 2 aromatic carbocycles. The van der Waals surface area contributed by atoms with Gasteiger partial charge in [0.25, 0.3) is 0 Å². The Morgan fingerprint density at radius 3 is 2.56 bits per heavy atom. The van der Waals surface area contributed by atoms with E-state index < -0.39 is 16.1 Å². The molecule has 2 aliphatic rings. The fourth-order valence-corrected chi connectivity index (χ4v) is 5.90. The maximum Gasteiger partial charge on any atom is 0.246 e. The normalized spacial score (nSPS) is 19.7. The molecule has 0 bridgehead atoms. The van der Waals surface area contributed by atoms with E-state index in [-0.39, 0.29) is 31.4 Å². The molecule has 2 aromatic rings. The van der Waals surface area contributed by atoms with Crippen molar-refractivity contribution in [2.24, 2.45) is 0 Å². The molecular formula is C23H26BrN3O4S. The third kappa shape index (κ3) is 5.05. The van der Waals surface area contributed by atoms with Gasteiger partial charge in [-0.2, -0.15) is 4.31 Å². The molecule has 1 atom stereocenters. The quantitative estimate of drug-likeness (QED) is 0.608. The molecule has 0 saturated carbocycles. The number of sulfonamides is 1. The Kier molecular flexibility index (Phi) is 6.69. The summed E-state index contributed by atoms with van der Waals surface area (Å²) in [5.74, 6) is -0.208. The van der Waals surface area contributed by atoms with Crippen molar-refractivity contribution >= 4 is 43.5 Å². The first-order chi connectivity index (χ1) is 15.2. The first-order valence-electron chi connectivity index (χ1n) is 10.6. The van der Waals surface area contributed by atoms with Crippen LogP contribution in [0.25, 0.3) is 0 Å². The number of rotatable bonds is 5.